The van der Waals surface area contributed by atoms with Crippen LogP contribution in [0, 0.1) is 5.92 Å². The lowest BCUT2D eigenvalue weighted by atomic mass is 10.2. The second-order valence-corrected chi connectivity index (χ2v) is 5.66. The number of carboxylic acids is 1. The van der Waals surface area contributed by atoms with E-state index in [4.69, 9.17) is 5.11 Å². The van der Waals surface area contributed by atoms with E-state index in [1.165, 1.54) is 6.07 Å². The first-order valence-electron chi connectivity index (χ1n) is 6.95. The number of aromatic nitrogens is 1. The largest absolute Gasteiger partial charge is 0.477 e. The zero-order chi connectivity index (χ0) is 16.0. The predicted molar refractivity (Wildman–Crippen MR) is 80.5 cm³/mol. The van der Waals surface area contributed by atoms with Gasteiger partial charge in [-0.1, -0.05) is 19.9 Å². The standard InChI is InChI=1S/C15H23N3O3/c1-11(2)10-18(9-8-17(3)4)14(19)12-6-5-7-13(16-12)15(20)21/h5-7,11H,8-10H2,1-4H3,(H,20,21). The molecule has 1 amide bonds. The van der Waals surface area contributed by atoms with Crippen molar-refractivity contribution < 1.29 is 14.7 Å². The summed E-state index contributed by atoms with van der Waals surface area (Å²) in [6.45, 7) is 6.03. The number of aromatic carboxylic acids is 1. The quantitative estimate of drug-likeness (QED) is 0.823. The summed E-state index contributed by atoms with van der Waals surface area (Å²) >= 11 is 0. The van der Waals surface area contributed by atoms with Gasteiger partial charge in [0.05, 0.1) is 0 Å². The van der Waals surface area contributed by atoms with Crippen LogP contribution in [0.25, 0.3) is 0 Å². The van der Waals surface area contributed by atoms with Crippen LogP contribution in [0.3, 0.4) is 0 Å². The first kappa shape index (κ1) is 17.1. The van der Waals surface area contributed by atoms with Gasteiger partial charge in [-0.05, 0) is 32.1 Å². The van der Waals surface area contributed by atoms with Crippen LogP contribution in [-0.2, 0) is 0 Å². The molecule has 0 atom stereocenters. The Morgan fingerprint density at radius 2 is 1.81 bits per heavy atom. The van der Waals surface area contributed by atoms with Crippen molar-refractivity contribution in [1.29, 1.82) is 0 Å². The lowest BCUT2D eigenvalue weighted by Crippen LogP contribution is -2.39. The maximum atomic E-state index is 12.5. The first-order valence-corrected chi connectivity index (χ1v) is 6.95. The molecule has 21 heavy (non-hydrogen) atoms. The normalized spacial score (nSPS) is 11.0. The highest BCUT2D eigenvalue weighted by molar-refractivity contribution is 5.94. The minimum Gasteiger partial charge on any atom is -0.477 e. The summed E-state index contributed by atoms with van der Waals surface area (Å²) < 4.78 is 0. The summed E-state index contributed by atoms with van der Waals surface area (Å²) in [5.41, 5.74) is 0.0623. The molecule has 0 bridgehead atoms. The van der Waals surface area contributed by atoms with Gasteiger partial charge in [-0.3, -0.25) is 4.79 Å². The lowest BCUT2D eigenvalue weighted by Gasteiger charge is -2.25. The Balaban J connectivity index is 2.92. The van der Waals surface area contributed by atoms with Gasteiger partial charge in [-0.15, -0.1) is 0 Å². The zero-order valence-corrected chi connectivity index (χ0v) is 13.0. The molecule has 0 aromatic carbocycles. The SMILES string of the molecule is CC(C)CN(CCN(C)C)C(=O)c1cccc(C(=O)O)n1. The van der Waals surface area contributed by atoms with E-state index in [-0.39, 0.29) is 17.3 Å². The molecule has 1 N–H and O–H groups in total. The number of nitrogens with zero attached hydrogens (tertiary/aromatic N) is 3. The monoisotopic (exact) mass is 293 g/mol. The number of hydrogen-bond acceptors (Lipinski definition) is 4. The summed E-state index contributed by atoms with van der Waals surface area (Å²) in [5, 5.41) is 8.96. The highest BCUT2D eigenvalue weighted by atomic mass is 16.4. The van der Waals surface area contributed by atoms with Crippen LogP contribution in [0.4, 0.5) is 0 Å². The van der Waals surface area contributed by atoms with Crippen LogP contribution in [0.15, 0.2) is 18.2 Å². The maximum absolute atomic E-state index is 12.5. The average molecular weight is 293 g/mol. The van der Waals surface area contributed by atoms with Crippen molar-refractivity contribution >= 4 is 11.9 Å². The molecule has 0 radical (unpaired) electrons. The molecule has 0 saturated carbocycles. The molecule has 0 aliphatic heterocycles. The molecule has 6 heteroatoms. The number of hydrogen-bond donors (Lipinski definition) is 1. The van der Waals surface area contributed by atoms with Crippen LogP contribution >= 0.6 is 0 Å². The van der Waals surface area contributed by atoms with Crippen molar-refractivity contribution in [3.63, 3.8) is 0 Å². The molecule has 6 nitrogen and oxygen atoms in total. The molecule has 116 valence electrons. The lowest BCUT2D eigenvalue weighted by molar-refractivity contribution is 0.0689. The molecule has 1 rings (SSSR count). The molecular formula is C15H23N3O3. The van der Waals surface area contributed by atoms with Gasteiger partial charge < -0.3 is 14.9 Å². The third-order valence-electron chi connectivity index (χ3n) is 2.88. The Labute approximate surface area is 125 Å². The molecule has 1 heterocycles. The van der Waals surface area contributed by atoms with E-state index in [9.17, 15) is 9.59 Å². The molecule has 0 aliphatic rings. The molecule has 1 aromatic heterocycles. The molecule has 1 aromatic rings. The van der Waals surface area contributed by atoms with Crippen LogP contribution in [0.5, 0.6) is 0 Å². The average Bonchev–Trinajstić information content (AvgIpc) is 2.42. The van der Waals surface area contributed by atoms with E-state index >= 15 is 0 Å². The van der Waals surface area contributed by atoms with Crippen molar-refractivity contribution in [2.24, 2.45) is 5.92 Å². The van der Waals surface area contributed by atoms with Crippen molar-refractivity contribution in [3.8, 4) is 0 Å². The Bertz CT molecular complexity index is 501. The second-order valence-electron chi connectivity index (χ2n) is 5.66. The third-order valence-corrected chi connectivity index (χ3v) is 2.88. The molecule has 0 saturated heterocycles. The fraction of sp³-hybridized carbons (Fsp3) is 0.533. The van der Waals surface area contributed by atoms with Crippen molar-refractivity contribution in [2.75, 3.05) is 33.7 Å². The van der Waals surface area contributed by atoms with Crippen LogP contribution in [-0.4, -0.2) is 65.5 Å². The summed E-state index contributed by atoms with van der Waals surface area (Å²) in [7, 11) is 3.89. The molecule has 0 fully saturated rings. The van der Waals surface area contributed by atoms with E-state index in [1.54, 1.807) is 17.0 Å². The maximum Gasteiger partial charge on any atom is 0.354 e. The van der Waals surface area contributed by atoms with E-state index in [1.807, 2.05) is 32.8 Å². The second kappa shape index (κ2) is 7.73. The van der Waals surface area contributed by atoms with Gasteiger partial charge in [0.15, 0.2) is 0 Å². The van der Waals surface area contributed by atoms with Gasteiger partial charge in [-0.25, -0.2) is 9.78 Å². The number of carboxylic acid groups (broad SMARTS) is 1. The van der Waals surface area contributed by atoms with Gasteiger partial charge in [0.1, 0.15) is 11.4 Å². The topological polar surface area (TPSA) is 73.7 Å². The Hall–Kier alpha value is -1.95. The Kier molecular flexibility index (Phi) is 6.30. The number of pyridine rings is 1. The highest BCUT2D eigenvalue weighted by Crippen LogP contribution is 2.07. The Morgan fingerprint density at radius 3 is 2.33 bits per heavy atom. The fourth-order valence-electron chi connectivity index (χ4n) is 1.87. The number of carbonyl (C=O) groups excluding carboxylic acids is 1. The summed E-state index contributed by atoms with van der Waals surface area (Å²) in [4.78, 5) is 31.1. The van der Waals surface area contributed by atoms with Gasteiger partial charge in [0.2, 0.25) is 0 Å². The van der Waals surface area contributed by atoms with Gasteiger partial charge in [0.25, 0.3) is 5.91 Å². The van der Waals surface area contributed by atoms with Gasteiger partial charge >= 0.3 is 5.97 Å². The highest BCUT2D eigenvalue weighted by Gasteiger charge is 2.19. The summed E-state index contributed by atoms with van der Waals surface area (Å²) in [6.07, 6.45) is 0. The first-order chi connectivity index (χ1) is 9.81. The number of rotatable bonds is 7. The van der Waals surface area contributed by atoms with E-state index in [0.29, 0.717) is 19.0 Å². The molecule has 0 spiro atoms. The minimum absolute atomic E-state index is 0.113. The molecular weight excluding hydrogens is 270 g/mol. The number of likely N-dealkylation sites (N-methyl/N-ethyl adjacent to an activating group) is 1. The van der Waals surface area contributed by atoms with Crippen LogP contribution in [0.1, 0.15) is 34.8 Å². The Morgan fingerprint density at radius 1 is 1.19 bits per heavy atom. The zero-order valence-electron chi connectivity index (χ0n) is 13.0. The van der Waals surface area contributed by atoms with E-state index in [2.05, 4.69) is 4.98 Å². The van der Waals surface area contributed by atoms with E-state index < -0.39 is 5.97 Å². The smallest absolute Gasteiger partial charge is 0.354 e. The number of amides is 1. The van der Waals surface area contributed by atoms with E-state index in [0.717, 1.165) is 6.54 Å². The number of carbonyl (C=O) groups is 2. The summed E-state index contributed by atoms with van der Waals surface area (Å²) in [6, 6.07) is 4.48. The van der Waals surface area contributed by atoms with Crippen molar-refractivity contribution in [2.45, 2.75) is 13.8 Å². The van der Waals surface area contributed by atoms with Gasteiger partial charge in [0, 0.05) is 19.6 Å². The van der Waals surface area contributed by atoms with Crippen molar-refractivity contribution in [3.05, 3.63) is 29.6 Å². The molecule has 0 unspecified atom stereocenters. The van der Waals surface area contributed by atoms with Gasteiger partial charge in [-0.2, -0.15) is 0 Å². The summed E-state index contributed by atoms with van der Waals surface area (Å²) in [5.74, 6) is -1.03. The third kappa shape index (κ3) is 5.51. The van der Waals surface area contributed by atoms with Crippen LogP contribution < -0.4 is 0 Å². The molecule has 0 aliphatic carbocycles. The fourth-order valence-corrected chi connectivity index (χ4v) is 1.87. The van der Waals surface area contributed by atoms with Crippen LogP contribution in [0.2, 0.25) is 0 Å². The predicted octanol–water partition coefficient (Wildman–Crippen LogP) is 1.44. The minimum atomic E-state index is -1.13. The van der Waals surface area contributed by atoms with Crippen molar-refractivity contribution in [1.82, 2.24) is 14.8 Å².